The molecule has 0 fully saturated rings. The molecule has 0 saturated carbocycles. The second-order valence-electron chi connectivity index (χ2n) is 9.58. The lowest BCUT2D eigenvalue weighted by Crippen LogP contribution is -2.44. The monoisotopic (exact) mass is 491 g/mol. The first kappa shape index (κ1) is 26.7. The highest BCUT2D eigenvalue weighted by Crippen LogP contribution is 2.31. The number of hydrogen-bond acceptors (Lipinski definition) is 4. The summed E-state index contributed by atoms with van der Waals surface area (Å²) in [5.74, 6) is 0.997. The highest BCUT2D eigenvalue weighted by Gasteiger charge is 2.28. The lowest BCUT2D eigenvalue weighted by molar-refractivity contribution is -0.129. The molecule has 190 valence electrons. The third-order valence-corrected chi connectivity index (χ3v) is 5.79. The van der Waals surface area contributed by atoms with Crippen LogP contribution < -0.4 is 14.8 Å². The van der Waals surface area contributed by atoms with E-state index in [0.29, 0.717) is 11.5 Å². The van der Waals surface area contributed by atoms with E-state index in [1.54, 1.807) is 30.1 Å². The Kier molecular flexibility index (Phi) is 8.03. The number of carbonyl (C=O) groups is 1. The molecular weight excluding hydrogens is 457 g/mol. The van der Waals surface area contributed by atoms with Crippen molar-refractivity contribution in [3.63, 3.8) is 0 Å². The number of carbonyl (C=O) groups excluding carboxylic acids is 1. The first-order chi connectivity index (χ1) is 16.7. The molecule has 2 atom stereocenters. The van der Waals surface area contributed by atoms with Crippen molar-refractivity contribution < 1.29 is 18.7 Å². The number of nitrogens with zero attached hydrogens (tertiary/aromatic N) is 2. The van der Waals surface area contributed by atoms with Gasteiger partial charge in [-0.05, 0) is 67.1 Å². The zero-order valence-electron chi connectivity index (χ0n) is 20.6. The van der Waals surface area contributed by atoms with Gasteiger partial charge < -0.3 is 14.8 Å². The van der Waals surface area contributed by atoms with Crippen molar-refractivity contribution in [1.29, 1.82) is 0 Å². The molecule has 4 aromatic rings. The fourth-order valence-corrected chi connectivity index (χ4v) is 3.80. The average Bonchev–Trinajstić information content (AvgIpc) is 3.25. The van der Waals surface area contributed by atoms with Crippen LogP contribution in [0.15, 0.2) is 72.9 Å². The molecule has 4 rings (SSSR count). The highest BCUT2D eigenvalue weighted by molar-refractivity contribution is 5.82. The quantitative estimate of drug-likeness (QED) is 0.321. The number of nitrogens with one attached hydrogen (secondary N) is 1. The zero-order chi connectivity index (χ0) is 25.2. The van der Waals surface area contributed by atoms with Crippen molar-refractivity contribution in [3.8, 4) is 17.2 Å². The Morgan fingerprint density at radius 3 is 2.42 bits per heavy atom. The molecule has 1 N–H and O–H groups in total. The number of aromatic nitrogens is 2. The first-order valence-corrected chi connectivity index (χ1v) is 11.5. The van der Waals surface area contributed by atoms with E-state index in [0.717, 1.165) is 22.2 Å². The van der Waals surface area contributed by atoms with Gasteiger partial charge in [-0.15, -0.1) is 0 Å². The summed E-state index contributed by atoms with van der Waals surface area (Å²) in [6, 6.07) is 19.2. The van der Waals surface area contributed by atoms with E-state index in [2.05, 4.69) is 10.4 Å². The summed E-state index contributed by atoms with van der Waals surface area (Å²) in [7, 11) is 1.62. The number of halogens is 1. The Bertz CT molecular complexity index is 1330. The van der Waals surface area contributed by atoms with Crippen molar-refractivity contribution in [2.24, 2.45) is 5.41 Å². The van der Waals surface area contributed by atoms with Crippen molar-refractivity contribution in [3.05, 3.63) is 84.3 Å². The molecule has 1 heterocycles. The maximum absolute atomic E-state index is 13.3. The standard InChI is InChI=1S/C28H30FN3O3.CH4/c1-18(31-27(33)28(2,3)4)26(19-7-6-8-23(15-19)34-5)35-24-13-14-25-20(16-24)17-30-32(25)22-11-9-21(29)10-12-22;/h6-18,26H,1-5H3,(H,31,33);1H4/t18-,26-;/m0./s1. The smallest absolute Gasteiger partial charge is 0.225 e. The third kappa shape index (κ3) is 5.85. The van der Waals surface area contributed by atoms with Crippen LogP contribution in [-0.2, 0) is 4.79 Å². The summed E-state index contributed by atoms with van der Waals surface area (Å²) in [6.07, 6.45) is 1.29. The van der Waals surface area contributed by atoms with Crippen LogP contribution in [-0.4, -0.2) is 28.8 Å². The minimum Gasteiger partial charge on any atom is -0.497 e. The topological polar surface area (TPSA) is 65.4 Å². The number of rotatable bonds is 7. The van der Waals surface area contributed by atoms with Gasteiger partial charge in [0.25, 0.3) is 0 Å². The largest absolute Gasteiger partial charge is 0.497 e. The summed E-state index contributed by atoms with van der Waals surface area (Å²) in [5, 5.41) is 8.43. The SMILES string of the molecule is C.COc1cccc([C@@H](Oc2ccc3c(cnn3-c3ccc(F)cc3)c2)[C@H](C)NC(=O)C(C)(C)C)c1. The van der Waals surface area contributed by atoms with Gasteiger partial charge in [0, 0.05) is 10.8 Å². The number of methoxy groups -OCH3 is 1. The number of amides is 1. The van der Waals surface area contributed by atoms with Gasteiger partial charge in [-0.25, -0.2) is 9.07 Å². The van der Waals surface area contributed by atoms with E-state index in [4.69, 9.17) is 9.47 Å². The number of benzene rings is 3. The lowest BCUT2D eigenvalue weighted by atomic mass is 9.94. The number of hydrogen-bond donors (Lipinski definition) is 1. The predicted molar refractivity (Wildman–Crippen MR) is 141 cm³/mol. The van der Waals surface area contributed by atoms with Gasteiger partial charge in [-0.2, -0.15) is 5.10 Å². The van der Waals surface area contributed by atoms with Crippen molar-refractivity contribution in [2.75, 3.05) is 7.11 Å². The Labute approximate surface area is 212 Å². The normalized spacial score (nSPS) is 12.9. The van der Waals surface area contributed by atoms with E-state index >= 15 is 0 Å². The van der Waals surface area contributed by atoms with Crippen LogP contribution in [0.25, 0.3) is 16.6 Å². The molecular formula is C29H34FN3O3. The summed E-state index contributed by atoms with van der Waals surface area (Å²) >= 11 is 0. The fourth-order valence-electron chi connectivity index (χ4n) is 3.80. The van der Waals surface area contributed by atoms with Crippen molar-refractivity contribution in [1.82, 2.24) is 15.1 Å². The van der Waals surface area contributed by atoms with Crippen LogP contribution >= 0.6 is 0 Å². The van der Waals surface area contributed by atoms with Crippen LogP contribution in [0.3, 0.4) is 0 Å². The molecule has 0 spiro atoms. The van der Waals surface area contributed by atoms with Crippen LogP contribution in [0.4, 0.5) is 4.39 Å². The lowest BCUT2D eigenvalue weighted by Gasteiger charge is -2.29. The fraction of sp³-hybridized carbons (Fsp3) is 0.310. The maximum Gasteiger partial charge on any atom is 0.225 e. The first-order valence-electron chi connectivity index (χ1n) is 11.5. The summed E-state index contributed by atoms with van der Waals surface area (Å²) in [5.41, 5.74) is 1.99. The Hall–Kier alpha value is -3.87. The zero-order valence-corrected chi connectivity index (χ0v) is 20.6. The van der Waals surface area contributed by atoms with Crippen LogP contribution in [0.2, 0.25) is 0 Å². The van der Waals surface area contributed by atoms with E-state index in [-0.39, 0.29) is 25.2 Å². The van der Waals surface area contributed by atoms with Gasteiger partial charge in [-0.3, -0.25) is 4.79 Å². The second kappa shape index (κ2) is 10.8. The molecule has 7 heteroatoms. The minimum atomic E-state index is -0.527. The summed E-state index contributed by atoms with van der Waals surface area (Å²) < 4.78 is 26.9. The van der Waals surface area contributed by atoms with E-state index in [1.165, 1.54) is 12.1 Å². The van der Waals surface area contributed by atoms with Crippen molar-refractivity contribution >= 4 is 16.8 Å². The molecule has 36 heavy (non-hydrogen) atoms. The molecule has 0 unspecified atom stereocenters. The van der Waals surface area contributed by atoms with E-state index < -0.39 is 11.5 Å². The average molecular weight is 492 g/mol. The Morgan fingerprint density at radius 1 is 1.03 bits per heavy atom. The van der Waals surface area contributed by atoms with Gasteiger partial charge in [0.2, 0.25) is 5.91 Å². The second-order valence-corrected chi connectivity index (χ2v) is 9.58. The van der Waals surface area contributed by atoms with Gasteiger partial charge in [-0.1, -0.05) is 40.3 Å². The molecule has 6 nitrogen and oxygen atoms in total. The molecule has 3 aromatic carbocycles. The molecule has 1 amide bonds. The van der Waals surface area contributed by atoms with Gasteiger partial charge in [0.15, 0.2) is 0 Å². The van der Waals surface area contributed by atoms with Crippen LogP contribution in [0.1, 0.15) is 46.8 Å². The number of fused-ring (bicyclic) bond motifs is 1. The maximum atomic E-state index is 13.3. The molecule has 0 aliphatic rings. The third-order valence-electron chi connectivity index (χ3n) is 5.79. The minimum absolute atomic E-state index is 0. The van der Waals surface area contributed by atoms with Crippen LogP contribution in [0.5, 0.6) is 11.5 Å². The van der Waals surface area contributed by atoms with E-state index in [1.807, 2.05) is 70.2 Å². The van der Waals surface area contributed by atoms with Gasteiger partial charge in [0.1, 0.15) is 23.4 Å². The number of ether oxygens (including phenoxy) is 2. The van der Waals surface area contributed by atoms with Crippen molar-refractivity contribution in [2.45, 2.75) is 47.3 Å². The highest BCUT2D eigenvalue weighted by atomic mass is 19.1. The molecule has 0 bridgehead atoms. The Morgan fingerprint density at radius 2 is 1.75 bits per heavy atom. The Balaban J connectivity index is 0.00000361. The van der Waals surface area contributed by atoms with Gasteiger partial charge in [0.05, 0.1) is 30.6 Å². The summed E-state index contributed by atoms with van der Waals surface area (Å²) in [4.78, 5) is 12.7. The molecule has 0 aliphatic heterocycles. The molecule has 0 aliphatic carbocycles. The van der Waals surface area contributed by atoms with E-state index in [9.17, 15) is 9.18 Å². The van der Waals surface area contributed by atoms with Crippen LogP contribution in [0, 0.1) is 11.2 Å². The summed E-state index contributed by atoms with van der Waals surface area (Å²) in [6.45, 7) is 7.56. The molecule has 0 saturated heterocycles. The molecule has 1 aromatic heterocycles. The predicted octanol–water partition coefficient (Wildman–Crippen LogP) is 6.48. The molecule has 0 radical (unpaired) electrons. The van der Waals surface area contributed by atoms with Gasteiger partial charge >= 0.3 is 0 Å².